The van der Waals surface area contributed by atoms with Crippen molar-refractivity contribution in [1.29, 1.82) is 5.26 Å². The van der Waals surface area contributed by atoms with E-state index in [4.69, 9.17) is 0 Å². The van der Waals surface area contributed by atoms with Crippen molar-refractivity contribution in [3.05, 3.63) is 59.9 Å². The van der Waals surface area contributed by atoms with Crippen LogP contribution in [0.1, 0.15) is 24.0 Å². The summed E-state index contributed by atoms with van der Waals surface area (Å²) < 4.78 is 0. The predicted octanol–water partition coefficient (Wildman–Crippen LogP) is 3.45. The first kappa shape index (κ1) is 14.7. The van der Waals surface area contributed by atoms with Gasteiger partial charge in [-0.2, -0.15) is 10.4 Å². The molecule has 1 aliphatic rings. The highest BCUT2D eigenvalue weighted by Gasteiger charge is 2.22. The molecule has 0 atom stereocenters. The highest BCUT2D eigenvalue weighted by molar-refractivity contribution is 5.97. The number of nitrogens with zero attached hydrogens (tertiary/aromatic N) is 4. The van der Waals surface area contributed by atoms with Crippen molar-refractivity contribution in [2.45, 2.75) is 19.4 Å². The van der Waals surface area contributed by atoms with Crippen molar-refractivity contribution in [2.24, 2.45) is 0 Å². The lowest BCUT2D eigenvalue weighted by Gasteiger charge is -2.40. The SMILES string of the molecule is N#Cc1ccc(N2CCCCN2Cc2cn[nH]c2)c2ccccc12. The smallest absolute Gasteiger partial charge is 0.0998 e. The van der Waals surface area contributed by atoms with Crippen LogP contribution in [0.5, 0.6) is 0 Å². The molecule has 3 aromatic rings. The quantitative estimate of drug-likeness (QED) is 0.804. The van der Waals surface area contributed by atoms with E-state index in [0.29, 0.717) is 0 Å². The number of hydrogen-bond acceptors (Lipinski definition) is 4. The van der Waals surface area contributed by atoms with E-state index in [2.05, 4.69) is 38.4 Å². The molecule has 5 nitrogen and oxygen atoms in total. The molecule has 0 spiro atoms. The Labute approximate surface area is 141 Å². The molecule has 1 N–H and O–H groups in total. The maximum atomic E-state index is 9.38. The Morgan fingerprint density at radius 1 is 1.08 bits per heavy atom. The topological polar surface area (TPSA) is 59.0 Å². The summed E-state index contributed by atoms with van der Waals surface area (Å²) in [5.74, 6) is 0. The van der Waals surface area contributed by atoms with Crippen LogP contribution in [0.15, 0.2) is 48.8 Å². The van der Waals surface area contributed by atoms with Crippen LogP contribution in [0.2, 0.25) is 0 Å². The summed E-state index contributed by atoms with van der Waals surface area (Å²) in [7, 11) is 0. The van der Waals surface area contributed by atoms with E-state index in [1.54, 1.807) is 0 Å². The minimum Gasteiger partial charge on any atom is -0.305 e. The molecular weight excluding hydrogens is 298 g/mol. The van der Waals surface area contributed by atoms with Gasteiger partial charge < -0.3 is 5.01 Å². The first-order chi connectivity index (χ1) is 11.9. The van der Waals surface area contributed by atoms with Crippen molar-refractivity contribution in [2.75, 3.05) is 18.1 Å². The van der Waals surface area contributed by atoms with Gasteiger partial charge in [0, 0.05) is 42.2 Å². The van der Waals surface area contributed by atoms with E-state index in [1.165, 1.54) is 24.1 Å². The molecule has 1 aromatic heterocycles. The van der Waals surface area contributed by atoms with Gasteiger partial charge in [0.05, 0.1) is 23.5 Å². The number of nitrogens with one attached hydrogen (secondary N) is 1. The van der Waals surface area contributed by atoms with Crippen LogP contribution in [0.3, 0.4) is 0 Å². The van der Waals surface area contributed by atoms with Crippen LogP contribution in [-0.2, 0) is 6.54 Å². The molecule has 1 saturated heterocycles. The normalized spacial score (nSPS) is 15.5. The third-order valence-electron chi connectivity index (χ3n) is 4.60. The summed E-state index contributed by atoms with van der Waals surface area (Å²) in [5.41, 5.74) is 3.08. The first-order valence-electron chi connectivity index (χ1n) is 8.29. The zero-order chi connectivity index (χ0) is 16.4. The third-order valence-corrected chi connectivity index (χ3v) is 4.60. The van der Waals surface area contributed by atoms with E-state index in [-0.39, 0.29) is 0 Å². The average molecular weight is 317 g/mol. The molecule has 2 aromatic carbocycles. The lowest BCUT2D eigenvalue weighted by molar-refractivity contribution is 0.205. The molecule has 5 heteroatoms. The molecule has 0 saturated carbocycles. The van der Waals surface area contributed by atoms with Gasteiger partial charge in [0.15, 0.2) is 0 Å². The number of hydrazine groups is 1. The van der Waals surface area contributed by atoms with E-state index in [0.717, 1.165) is 36.0 Å². The van der Waals surface area contributed by atoms with Gasteiger partial charge in [-0.1, -0.05) is 24.3 Å². The number of fused-ring (bicyclic) bond motifs is 1. The summed E-state index contributed by atoms with van der Waals surface area (Å²) in [4.78, 5) is 0. The van der Waals surface area contributed by atoms with E-state index < -0.39 is 0 Å². The van der Waals surface area contributed by atoms with E-state index >= 15 is 0 Å². The molecule has 1 fully saturated rings. The molecule has 0 aliphatic carbocycles. The predicted molar refractivity (Wildman–Crippen MR) is 94.2 cm³/mol. The lowest BCUT2D eigenvalue weighted by Crippen LogP contribution is -2.47. The first-order valence-corrected chi connectivity index (χ1v) is 8.29. The van der Waals surface area contributed by atoms with Gasteiger partial charge in [-0.3, -0.25) is 5.10 Å². The van der Waals surface area contributed by atoms with Gasteiger partial charge in [-0.15, -0.1) is 0 Å². The minimum atomic E-state index is 0.729. The minimum absolute atomic E-state index is 0.729. The molecule has 2 heterocycles. The monoisotopic (exact) mass is 317 g/mol. The second-order valence-corrected chi connectivity index (χ2v) is 6.11. The van der Waals surface area contributed by atoms with Crippen LogP contribution < -0.4 is 5.01 Å². The molecular formula is C19H19N5. The number of anilines is 1. The van der Waals surface area contributed by atoms with Crippen LogP contribution in [0, 0.1) is 11.3 Å². The van der Waals surface area contributed by atoms with Crippen LogP contribution in [0.25, 0.3) is 10.8 Å². The summed E-state index contributed by atoms with van der Waals surface area (Å²) in [5, 5.41) is 23.2. The fraction of sp³-hybridized carbons (Fsp3) is 0.263. The number of hydrogen-bond donors (Lipinski definition) is 1. The Bertz CT molecular complexity index is 878. The Kier molecular flexibility index (Phi) is 3.89. The third kappa shape index (κ3) is 2.61. The second-order valence-electron chi connectivity index (χ2n) is 6.11. The fourth-order valence-corrected chi connectivity index (χ4v) is 3.44. The molecule has 0 amide bonds. The largest absolute Gasteiger partial charge is 0.305 e. The Balaban J connectivity index is 1.76. The average Bonchev–Trinajstić information content (AvgIpc) is 3.14. The van der Waals surface area contributed by atoms with Crippen LogP contribution in [0.4, 0.5) is 5.69 Å². The van der Waals surface area contributed by atoms with E-state index in [1.807, 2.05) is 36.7 Å². The Hall–Kier alpha value is -2.84. The summed E-state index contributed by atoms with van der Waals surface area (Å²) in [6.07, 6.45) is 6.20. The fourth-order valence-electron chi connectivity index (χ4n) is 3.44. The standard InChI is InChI=1S/C19H19N5/c20-11-16-7-8-19(18-6-2-1-5-17(16)18)24-10-4-3-9-23(24)14-15-12-21-22-13-15/h1-2,5-8,12-13H,3-4,9-10,14H2,(H,21,22). The molecule has 4 rings (SSSR count). The number of nitriles is 1. The summed E-state index contributed by atoms with van der Waals surface area (Å²) >= 11 is 0. The zero-order valence-electron chi connectivity index (χ0n) is 13.4. The molecule has 0 unspecified atom stereocenters. The Morgan fingerprint density at radius 2 is 1.92 bits per heavy atom. The number of aromatic amines is 1. The summed E-state index contributed by atoms with van der Waals surface area (Å²) in [6, 6.07) is 14.5. The highest BCUT2D eigenvalue weighted by atomic mass is 15.6. The lowest BCUT2D eigenvalue weighted by atomic mass is 10.0. The number of aromatic nitrogens is 2. The molecule has 120 valence electrons. The van der Waals surface area contributed by atoms with Crippen molar-refractivity contribution >= 4 is 16.5 Å². The van der Waals surface area contributed by atoms with Gasteiger partial charge in [0.2, 0.25) is 0 Å². The van der Waals surface area contributed by atoms with Crippen LogP contribution >= 0.6 is 0 Å². The molecule has 24 heavy (non-hydrogen) atoms. The number of H-pyrrole nitrogens is 1. The highest BCUT2D eigenvalue weighted by Crippen LogP contribution is 2.32. The number of benzene rings is 2. The van der Waals surface area contributed by atoms with Crippen molar-refractivity contribution in [3.63, 3.8) is 0 Å². The Morgan fingerprint density at radius 3 is 2.71 bits per heavy atom. The van der Waals surface area contributed by atoms with Crippen LogP contribution in [-0.4, -0.2) is 28.3 Å². The maximum Gasteiger partial charge on any atom is 0.0998 e. The summed E-state index contributed by atoms with van der Waals surface area (Å²) in [6.45, 7) is 2.86. The molecule has 0 bridgehead atoms. The number of rotatable bonds is 3. The maximum absolute atomic E-state index is 9.38. The van der Waals surface area contributed by atoms with Gasteiger partial charge >= 0.3 is 0 Å². The molecule has 0 radical (unpaired) electrons. The molecule has 1 aliphatic heterocycles. The zero-order valence-corrected chi connectivity index (χ0v) is 13.4. The van der Waals surface area contributed by atoms with Crippen molar-refractivity contribution < 1.29 is 0 Å². The van der Waals surface area contributed by atoms with Crippen molar-refractivity contribution in [1.82, 2.24) is 15.2 Å². The van der Waals surface area contributed by atoms with Gasteiger partial charge in [0.1, 0.15) is 0 Å². The van der Waals surface area contributed by atoms with Gasteiger partial charge in [-0.05, 0) is 25.0 Å². The van der Waals surface area contributed by atoms with Gasteiger partial charge in [-0.25, -0.2) is 5.01 Å². The van der Waals surface area contributed by atoms with Crippen molar-refractivity contribution in [3.8, 4) is 6.07 Å². The van der Waals surface area contributed by atoms with Gasteiger partial charge in [0.25, 0.3) is 0 Å². The second kappa shape index (κ2) is 6.34. The van der Waals surface area contributed by atoms with E-state index in [9.17, 15) is 5.26 Å².